The standard InChI is InChI=1S/C24H22N4O2S/c1-16-4-2-5-17(12-16)14-26-23(30)22-9-8-21(31-22)20-10-11-25-24(28-20)27-19-7-3-6-18(13-19)15-29/h2-13,29H,14-15H2,1H3,(H,26,30)(H,25,27,28). The average molecular weight is 431 g/mol. The lowest BCUT2D eigenvalue weighted by atomic mass is 10.1. The molecule has 4 rings (SSSR count). The molecule has 31 heavy (non-hydrogen) atoms. The summed E-state index contributed by atoms with van der Waals surface area (Å²) in [5, 5.41) is 15.4. The number of carbonyl (C=O) groups is 1. The van der Waals surface area contributed by atoms with Crippen molar-refractivity contribution in [2.75, 3.05) is 5.32 Å². The van der Waals surface area contributed by atoms with Gasteiger partial charge in [0.1, 0.15) is 0 Å². The number of hydrogen-bond donors (Lipinski definition) is 3. The highest BCUT2D eigenvalue weighted by molar-refractivity contribution is 7.17. The fraction of sp³-hybridized carbons (Fsp3) is 0.125. The molecule has 2 heterocycles. The summed E-state index contributed by atoms with van der Waals surface area (Å²) in [5.74, 6) is 0.345. The minimum absolute atomic E-state index is 0.0274. The van der Waals surface area contributed by atoms with Crippen LogP contribution in [0.25, 0.3) is 10.6 Å². The molecule has 0 atom stereocenters. The Bertz CT molecular complexity index is 1210. The molecule has 0 bridgehead atoms. The molecule has 0 aliphatic carbocycles. The molecule has 0 fully saturated rings. The Balaban J connectivity index is 1.44. The third-order valence-electron chi connectivity index (χ3n) is 4.64. The van der Waals surface area contributed by atoms with E-state index in [4.69, 9.17) is 0 Å². The number of thiophene rings is 1. The molecule has 4 aromatic rings. The van der Waals surface area contributed by atoms with E-state index in [2.05, 4.69) is 26.7 Å². The first-order chi connectivity index (χ1) is 15.1. The van der Waals surface area contributed by atoms with Crippen LogP contribution in [-0.4, -0.2) is 21.0 Å². The number of aliphatic hydroxyl groups is 1. The van der Waals surface area contributed by atoms with Crippen molar-refractivity contribution in [3.63, 3.8) is 0 Å². The summed E-state index contributed by atoms with van der Waals surface area (Å²) in [6.45, 7) is 2.49. The number of anilines is 2. The first-order valence-corrected chi connectivity index (χ1v) is 10.7. The summed E-state index contributed by atoms with van der Waals surface area (Å²) in [6, 6.07) is 21.0. The van der Waals surface area contributed by atoms with Gasteiger partial charge in [0.15, 0.2) is 0 Å². The fourth-order valence-electron chi connectivity index (χ4n) is 3.12. The van der Waals surface area contributed by atoms with E-state index in [1.54, 1.807) is 6.20 Å². The zero-order valence-electron chi connectivity index (χ0n) is 17.0. The van der Waals surface area contributed by atoms with Crippen LogP contribution in [-0.2, 0) is 13.2 Å². The second-order valence-electron chi connectivity index (χ2n) is 7.08. The Hall–Kier alpha value is -3.55. The predicted molar refractivity (Wildman–Crippen MR) is 123 cm³/mol. The van der Waals surface area contributed by atoms with Crippen LogP contribution in [0, 0.1) is 6.92 Å². The fourth-order valence-corrected chi connectivity index (χ4v) is 4.01. The van der Waals surface area contributed by atoms with Gasteiger partial charge in [0.25, 0.3) is 5.91 Å². The molecule has 1 amide bonds. The normalized spacial score (nSPS) is 10.6. The number of nitrogens with one attached hydrogen (secondary N) is 2. The van der Waals surface area contributed by atoms with Gasteiger partial charge >= 0.3 is 0 Å². The smallest absolute Gasteiger partial charge is 0.261 e. The van der Waals surface area contributed by atoms with Gasteiger partial charge in [0.2, 0.25) is 5.95 Å². The van der Waals surface area contributed by atoms with E-state index in [1.807, 2.05) is 67.6 Å². The molecule has 0 saturated carbocycles. The van der Waals surface area contributed by atoms with Crippen molar-refractivity contribution in [3.05, 3.63) is 94.5 Å². The molecule has 0 aliphatic heterocycles. The zero-order chi connectivity index (χ0) is 21.6. The third kappa shape index (κ3) is 5.33. The van der Waals surface area contributed by atoms with Crippen molar-refractivity contribution < 1.29 is 9.90 Å². The number of amides is 1. The maximum atomic E-state index is 12.5. The Kier molecular flexibility index (Phi) is 6.35. The summed E-state index contributed by atoms with van der Waals surface area (Å²) in [5.41, 5.74) is 4.58. The second kappa shape index (κ2) is 9.51. The lowest BCUT2D eigenvalue weighted by Gasteiger charge is -2.07. The first-order valence-electron chi connectivity index (χ1n) is 9.84. The SMILES string of the molecule is Cc1cccc(CNC(=O)c2ccc(-c3ccnc(Nc4cccc(CO)c4)n3)s2)c1. The molecule has 0 aliphatic rings. The van der Waals surface area contributed by atoms with Gasteiger partial charge < -0.3 is 15.7 Å². The summed E-state index contributed by atoms with van der Waals surface area (Å²) < 4.78 is 0. The van der Waals surface area contributed by atoms with Crippen molar-refractivity contribution in [2.24, 2.45) is 0 Å². The van der Waals surface area contributed by atoms with Crippen LogP contribution in [0.2, 0.25) is 0 Å². The topological polar surface area (TPSA) is 87.1 Å². The van der Waals surface area contributed by atoms with Crippen LogP contribution in [0.15, 0.2) is 72.9 Å². The van der Waals surface area contributed by atoms with E-state index in [0.717, 1.165) is 27.4 Å². The number of aromatic nitrogens is 2. The van der Waals surface area contributed by atoms with Gasteiger partial charge in [-0.3, -0.25) is 4.79 Å². The molecule has 0 radical (unpaired) electrons. The van der Waals surface area contributed by atoms with Crippen molar-refractivity contribution in [3.8, 4) is 10.6 Å². The van der Waals surface area contributed by atoms with Crippen LogP contribution in [0.1, 0.15) is 26.4 Å². The third-order valence-corrected chi connectivity index (χ3v) is 5.75. The summed E-state index contributed by atoms with van der Waals surface area (Å²) in [7, 11) is 0. The maximum absolute atomic E-state index is 12.5. The largest absolute Gasteiger partial charge is 0.392 e. The number of nitrogens with zero attached hydrogens (tertiary/aromatic N) is 2. The number of aliphatic hydroxyl groups excluding tert-OH is 1. The van der Waals surface area contributed by atoms with Gasteiger partial charge in [0, 0.05) is 18.4 Å². The minimum atomic E-state index is -0.106. The minimum Gasteiger partial charge on any atom is -0.392 e. The van der Waals surface area contributed by atoms with Gasteiger partial charge in [-0.05, 0) is 48.4 Å². The van der Waals surface area contributed by atoms with E-state index in [1.165, 1.54) is 16.9 Å². The highest BCUT2D eigenvalue weighted by Crippen LogP contribution is 2.27. The molecular formula is C24H22N4O2S. The molecule has 156 valence electrons. The predicted octanol–water partition coefficient (Wildman–Crippen LogP) is 4.68. The molecule has 0 unspecified atom stereocenters. The lowest BCUT2D eigenvalue weighted by Crippen LogP contribution is -2.21. The molecular weight excluding hydrogens is 408 g/mol. The molecule has 3 N–H and O–H groups in total. The van der Waals surface area contributed by atoms with Crippen LogP contribution in [0.4, 0.5) is 11.6 Å². The van der Waals surface area contributed by atoms with Gasteiger partial charge in [-0.15, -0.1) is 11.3 Å². The quantitative estimate of drug-likeness (QED) is 0.396. The summed E-state index contributed by atoms with van der Waals surface area (Å²) in [4.78, 5) is 22.9. The maximum Gasteiger partial charge on any atom is 0.261 e. The molecule has 7 heteroatoms. The highest BCUT2D eigenvalue weighted by Gasteiger charge is 2.12. The number of rotatable bonds is 7. The highest BCUT2D eigenvalue weighted by atomic mass is 32.1. The monoisotopic (exact) mass is 430 g/mol. The van der Waals surface area contributed by atoms with Crippen LogP contribution in [0.5, 0.6) is 0 Å². The Morgan fingerprint density at radius 2 is 1.87 bits per heavy atom. The van der Waals surface area contributed by atoms with E-state index in [9.17, 15) is 9.90 Å². The molecule has 6 nitrogen and oxygen atoms in total. The first kappa shape index (κ1) is 20.7. The number of carbonyl (C=O) groups excluding carboxylic acids is 1. The van der Waals surface area contributed by atoms with Gasteiger partial charge in [0.05, 0.1) is 22.1 Å². The number of aryl methyl sites for hydroxylation is 1. The van der Waals surface area contributed by atoms with Crippen LogP contribution in [0.3, 0.4) is 0 Å². The molecule has 0 spiro atoms. The zero-order valence-corrected chi connectivity index (χ0v) is 17.8. The average Bonchev–Trinajstić information content (AvgIpc) is 3.28. The number of hydrogen-bond acceptors (Lipinski definition) is 6. The van der Waals surface area contributed by atoms with Crippen molar-refractivity contribution in [1.82, 2.24) is 15.3 Å². The lowest BCUT2D eigenvalue weighted by molar-refractivity contribution is 0.0955. The Morgan fingerprint density at radius 1 is 1.03 bits per heavy atom. The molecule has 0 saturated heterocycles. The summed E-state index contributed by atoms with van der Waals surface area (Å²) in [6.07, 6.45) is 1.68. The Labute approximate surface area is 184 Å². The van der Waals surface area contributed by atoms with Gasteiger partial charge in [-0.25, -0.2) is 9.97 Å². The Morgan fingerprint density at radius 3 is 2.71 bits per heavy atom. The van der Waals surface area contributed by atoms with Crippen LogP contribution < -0.4 is 10.6 Å². The second-order valence-corrected chi connectivity index (χ2v) is 8.17. The molecule has 2 aromatic carbocycles. The number of benzene rings is 2. The van der Waals surface area contributed by atoms with E-state index >= 15 is 0 Å². The van der Waals surface area contributed by atoms with Gasteiger partial charge in [-0.2, -0.15) is 0 Å². The summed E-state index contributed by atoms with van der Waals surface area (Å²) >= 11 is 1.39. The molecule has 2 aromatic heterocycles. The van der Waals surface area contributed by atoms with Crippen LogP contribution >= 0.6 is 11.3 Å². The van der Waals surface area contributed by atoms with E-state index in [0.29, 0.717) is 17.4 Å². The van der Waals surface area contributed by atoms with Crippen molar-refractivity contribution in [1.29, 1.82) is 0 Å². The van der Waals surface area contributed by atoms with Crippen molar-refractivity contribution in [2.45, 2.75) is 20.1 Å². The van der Waals surface area contributed by atoms with E-state index in [-0.39, 0.29) is 12.5 Å². The van der Waals surface area contributed by atoms with Crippen molar-refractivity contribution >= 4 is 28.9 Å². The van der Waals surface area contributed by atoms with Gasteiger partial charge in [-0.1, -0.05) is 42.0 Å². The van der Waals surface area contributed by atoms with E-state index < -0.39 is 0 Å².